The maximum atomic E-state index is 11.3. The largest absolute Gasteiger partial charge is 0.477 e. The van der Waals surface area contributed by atoms with Crippen LogP contribution >= 0.6 is 0 Å². The van der Waals surface area contributed by atoms with Crippen LogP contribution in [-0.2, 0) is 6.54 Å². The van der Waals surface area contributed by atoms with E-state index < -0.39 is 10.9 Å². The van der Waals surface area contributed by atoms with E-state index >= 15 is 0 Å². The predicted molar refractivity (Wildman–Crippen MR) is 75.9 cm³/mol. The fourth-order valence-corrected chi connectivity index (χ4v) is 2.18. The molecule has 1 atom stereocenters. The highest BCUT2D eigenvalue weighted by Gasteiger charge is 2.24. The van der Waals surface area contributed by atoms with E-state index in [2.05, 4.69) is 13.8 Å². The van der Waals surface area contributed by atoms with E-state index in [0.29, 0.717) is 18.2 Å². The van der Waals surface area contributed by atoms with Gasteiger partial charge in [-0.2, -0.15) is 0 Å². The number of nitro benzene ring substituents is 1. The molecule has 0 saturated carbocycles. The molecule has 0 spiro atoms. The lowest BCUT2D eigenvalue weighted by molar-refractivity contribution is -0.385. The fraction of sp³-hybridized carbons (Fsp3) is 0.500. The quantitative estimate of drug-likeness (QED) is 0.613. The molecule has 1 aromatic rings. The lowest BCUT2D eigenvalue weighted by Crippen LogP contribution is -2.29. The van der Waals surface area contributed by atoms with Crippen molar-refractivity contribution in [2.24, 2.45) is 0 Å². The maximum absolute atomic E-state index is 11.3. The van der Waals surface area contributed by atoms with Crippen molar-refractivity contribution in [3.63, 3.8) is 0 Å². The number of benzene rings is 1. The Morgan fingerprint density at radius 3 is 2.65 bits per heavy atom. The van der Waals surface area contributed by atoms with Crippen LogP contribution < -0.4 is 0 Å². The number of aromatic carboxylic acids is 1. The normalized spacial score (nSPS) is 12.4. The monoisotopic (exact) mass is 280 g/mol. The van der Waals surface area contributed by atoms with Crippen molar-refractivity contribution in [2.45, 2.75) is 39.3 Å². The molecule has 1 aromatic carbocycles. The third-order valence-corrected chi connectivity index (χ3v) is 3.42. The molecule has 6 heteroatoms. The van der Waals surface area contributed by atoms with Crippen molar-refractivity contribution in [3.05, 3.63) is 39.4 Å². The molecular formula is C14H20N2O4. The minimum Gasteiger partial charge on any atom is -0.477 e. The smallest absolute Gasteiger partial charge is 0.343 e. The van der Waals surface area contributed by atoms with Gasteiger partial charge in [0.2, 0.25) is 0 Å². The van der Waals surface area contributed by atoms with Gasteiger partial charge in [0.05, 0.1) is 4.92 Å². The zero-order chi connectivity index (χ0) is 15.3. The van der Waals surface area contributed by atoms with Crippen LogP contribution in [0, 0.1) is 10.1 Å². The Balaban J connectivity index is 3.09. The number of hydrogen-bond acceptors (Lipinski definition) is 4. The summed E-state index contributed by atoms with van der Waals surface area (Å²) >= 11 is 0. The summed E-state index contributed by atoms with van der Waals surface area (Å²) < 4.78 is 0. The Kier molecular flexibility index (Phi) is 5.64. The van der Waals surface area contributed by atoms with Gasteiger partial charge in [-0.3, -0.25) is 15.0 Å². The first-order valence-corrected chi connectivity index (χ1v) is 6.58. The van der Waals surface area contributed by atoms with Crippen molar-refractivity contribution in [1.29, 1.82) is 0 Å². The van der Waals surface area contributed by atoms with Gasteiger partial charge < -0.3 is 5.11 Å². The zero-order valence-corrected chi connectivity index (χ0v) is 12.0. The molecule has 0 fully saturated rings. The van der Waals surface area contributed by atoms with Gasteiger partial charge in [0.15, 0.2) is 0 Å². The molecule has 0 amide bonds. The number of nitro groups is 1. The second-order valence-corrected chi connectivity index (χ2v) is 4.93. The number of carboxylic acid groups (broad SMARTS) is 1. The second kappa shape index (κ2) is 7.00. The molecule has 1 N–H and O–H groups in total. The average Bonchev–Trinajstić information content (AvgIpc) is 2.38. The molecule has 20 heavy (non-hydrogen) atoms. The summed E-state index contributed by atoms with van der Waals surface area (Å²) in [5.74, 6) is -1.26. The van der Waals surface area contributed by atoms with Gasteiger partial charge in [-0.15, -0.1) is 0 Å². The molecule has 0 aromatic heterocycles. The van der Waals surface area contributed by atoms with Gasteiger partial charge in [0.25, 0.3) is 5.69 Å². The SMILES string of the molecule is CCCC(C)N(C)Cc1cccc([N+](=O)[O-])c1C(=O)O. The number of rotatable bonds is 7. The summed E-state index contributed by atoms with van der Waals surface area (Å²) in [6, 6.07) is 4.67. The Bertz CT molecular complexity index is 502. The molecule has 6 nitrogen and oxygen atoms in total. The lowest BCUT2D eigenvalue weighted by atomic mass is 10.0. The minimum absolute atomic E-state index is 0.215. The van der Waals surface area contributed by atoms with E-state index in [-0.39, 0.29) is 11.3 Å². The summed E-state index contributed by atoms with van der Waals surface area (Å²) in [5.41, 5.74) is -0.100. The van der Waals surface area contributed by atoms with Crippen molar-refractivity contribution in [3.8, 4) is 0 Å². The van der Waals surface area contributed by atoms with Gasteiger partial charge in [-0.25, -0.2) is 4.79 Å². The van der Waals surface area contributed by atoms with Crippen molar-refractivity contribution >= 4 is 11.7 Å². The summed E-state index contributed by atoms with van der Waals surface area (Å²) in [6.07, 6.45) is 2.03. The lowest BCUT2D eigenvalue weighted by Gasteiger charge is -2.24. The summed E-state index contributed by atoms with van der Waals surface area (Å²) in [4.78, 5) is 23.6. The molecule has 0 aliphatic carbocycles. The summed E-state index contributed by atoms with van der Waals surface area (Å²) in [5, 5.41) is 20.2. The number of carbonyl (C=O) groups is 1. The first kappa shape index (κ1) is 16.1. The first-order chi connectivity index (χ1) is 9.38. The van der Waals surface area contributed by atoms with Gasteiger partial charge in [0.1, 0.15) is 5.56 Å². The van der Waals surface area contributed by atoms with Crippen LogP contribution in [0.25, 0.3) is 0 Å². The van der Waals surface area contributed by atoms with Crippen LogP contribution in [0.4, 0.5) is 5.69 Å². The summed E-state index contributed by atoms with van der Waals surface area (Å²) in [7, 11) is 1.89. The highest BCUT2D eigenvalue weighted by molar-refractivity contribution is 5.94. The minimum atomic E-state index is -1.26. The Morgan fingerprint density at radius 2 is 2.15 bits per heavy atom. The molecule has 110 valence electrons. The maximum Gasteiger partial charge on any atom is 0.343 e. The summed E-state index contributed by atoms with van der Waals surface area (Å²) in [6.45, 7) is 4.52. The molecule has 1 rings (SSSR count). The fourth-order valence-electron chi connectivity index (χ4n) is 2.18. The predicted octanol–water partition coefficient (Wildman–Crippen LogP) is 2.91. The van der Waals surface area contributed by atoms with E-state index in [1.807, 2.05) is 11.9 Å². The van der Waals surface area contributed by atoms with Crippen molar-refractivity contribution in [1.82, 2.24) is 4.90 Å². The van der Waals surface area contributed by atoms with Crippen LogP contribution in [0.2, 0.25) is 0 Å². The zero-order valence-electron chi connectivity index (χ0n) is 12.0. The van der Waals surface area contributed by atoms with Crippen LogP contribution in [0.15, 0.2) is 18.2 Å². The molecule has 0 saturated heterocycles. The Morgan fingerprint density at radius 1 is 1.50 bits per heavy atom. The van der Waals surface area contributed by atoms with Crippen molar-refractivity contribution < 1.29 is 14.8 Å². The number of nitrogens with zero attached hydrogens (tertiary/aromatic N) is 2. The molecule has 0 bridgehead atoms. The Hall–Kier alpha value is -1.95. The molecule has 0 radical (unpaired) electrons. The molecule has 0 heterocycles. The van der Waals surface area contributed by atoms with Crippen molar-refractivity contribution in [2.75, 3.05) is 7.05 Å². The van der Waals surface area contributed by atoms with E-state index in [1.54, 1.807) is 6.07 Å². The highest BCUT2D eigenvalue weighted by atomic mass is 16.6. The van der Waals surface area contributed by atoms with Crippen LogP contribution in [0.5, 0.6) is 0 Å². The van der Waals surface area contributed by atoms with Gasteiger partial charge >= 0.3 is 5.97 Å². The third-order valence-electron chi connectivity index (χ3n) is 3.42. The molecular weight excluding hydrogens is 260 g/mol. The first-order valence-electron chi connectivity index (χ1n) is 6.58. The second-order valence-electron chi connectivity index (χ2n) is 4.93. The van der Waals surface area contributed by atoms with E-state index in [9.17, 15) is 20.0 Å². The number of carboxylic acids is 1. The van der Waals surface area contributed by atoms with E-state index in [4.69, 9.17) is 0 Å². The standard InChI is InChI=1S/C14H20N2O4/c1-4-6-10(2)15(3)9-11-7-5-8-12(16(19)20)13(11)14(17)18/h5,7-8,10H,4,6,9H2,1-3H3,(H,17,18). The van der Waals surface area contributed by atoms with E-state index in [0.717, 1.165) is 12.8 Å². The van der Waals surface area contributed by atoms with Crippen LogP contribution in [0.1, 0.15) is 42.6 Å². The van der Waals surface area contributed by atoms with Gasteiger partial charge in [-0.1, -0.05) is 25.5 Å². The highest BCUT2D eigenvalue weighted by Crippen LogP contribution is 2.24. The van der Waals surface area contributed by atoms with Gasteiger partial charge in [0, 0.05) is 18.7 Å². The topological polar surface area (TPSA) is 83.7 Å². The molecule has 1 unspecified atom stereocenters. The molecule has 0 aliphatic heterocycles. The van der Waals surface area contributed by atoms with Crippen LogP contribution in [-0.4, -0.2) is 34.0 Å². The number of hydrogen-bond donors (Lipinski definition) is 1. The van der Waals surface area contributed by atoms with E-state index in [1.165, 1.54) is 12.1 Å². The van der Waals surface area contributed by atoms with Crippen LogP contribution in [0.3, 0.4) is 0 Å². The average molecular weight is 280 g/mol. The van der Waals surface area contributed by atoms with Gasteiger partial charge in [-0.05, 0) is 26.0 Å². The Labute approximate surface area is 118 Å². The molecule has 0 aliphatic rings. The third kappa shape index (κ3) is 3.77.